The molecule has 29 heavy (non-hydrogen) atoms. The van der Waals surface area contributed by atoms with E-state index in [4.69, 9.17) is 9.84 Å². The van der Waals surface area contributed by atoms with Gasteiger partial charge in [0.05, 0.1) is 17.0 Å². The van der Waals surface area contributed by atoms with E-state index in [2.05, 4.69) is 9.97 Å². The molecule has 1 aliphatic rings. The molecule has 2 heterocycles. The first-order chi connectivity index (χ1) is 13.8. The van der Waals surface area contributed by atoms with Crippen molar-refractivity contribution in [1.82, 2.24) is 9.97 Å². The molecule has 0 unspecified atom stereocenters. The third-order valence-corrected chi connectivity index (χ3v) is 7.46. The van der Waals surface area contributed by atoms with E-state index in [1.54, 1.807) is 36.4 Å². The lowest BCUT2D eigenvalue weighted by Crippen LogP contribution is -2.01. The van der Waals surface area contributed by atoms with Gasteiger partial charge in [0.1, 0.15) is 9.96 Å². The number of rotatable bonds is 6. The highest BCUT2D eigenvalue weighted by Gasteiger charge is 2.23. The Balaban J connectivity index is 1.67. The first-order valence-electron chi connectivity index (χ1n) is 8.98. The Bertz CT molecular complexity index is 1180. The van der Waals surface area contributed by atoms with Crippen molar-refractivity contribution >= 4 is 27.1 Å². The van der Waals surface area contributed by atoms with Crippen LogP contribution in [0.15, 0.2) is 40.6 Å². The lowest BCUT2D eigenvalue weighted by Gasteiger charge is -2.11. The molecule has 0 bridgehead atoms. The standard InChI is InChI=1S/C20H18N2O5S2/c1-29(25,26)18-10-9-16(28-18)19-21-15-4-2-3-14(15)20(22-19)27-13-7-5-12(6-8-13)11-17(23)24/h5-10H,2-4,11H2,1H3,(H,23,24). The molecular formula is C20H18N2O5S2. The molecule has 9 heteroatoms. The van der Waals surface area contributed by atoms with E-state index in [1.165, 1.54) is 6.26 Å². The van der Waals surface area contributed by atoms with E-state index in [0.29, 0.717) is 27.9 Å². The van der Waals surface area contributed by atoms with Gasteiger partial charge in [-0.3, -0.25) is 4.79 Å². The number of nitrogens with zero attached hydrogens (tertiary/aromatic N) is 2. The van der Waals surface area contributed by atoms with E-state index in [0.717, 1.165) is 41.9 Å². The lowest BCUT2D eigenvalue weighted by molar-refractivity contribution is -0.136. The van der Waals surface area contributed by atoms with Crippen LogP contribution in [-0.2, 0) is 33.9 Å². The largest absolute Gasteiger partial charge is 0.481 e. The van der Waals surface area contributed by atoms with Crippen molar-refractivity contribution in [2.75, 3.05) is 6.26 Å². The minimum absolute atomic E-state index is 0.0472. The van der Waals surface area contributed by atoms with E-state index in [1.807, 2.05) is 0 Å². The molecule has 2 aromatic heterocycles. The average molecular weight is 431 g/mol. The number of aryl methyl sites for hydroxylation is 1. The summed E-state index contributed by atoms with van der Waals surface area (Å²) in [7, 11) is -3.28. The van der Waals surface area contributed by atoms with Gasteiger partial charge in [0.25, 0.3) is 0 Å². The number of carboxylic acids is 1. The van der Waals surface area contributed by atoms with E-state index in [9.17, 15) is 13.2 Å². The van der Waals surface area contributed by atoms with Gasteiger partial charge < -0.3 is 9.84 Å². The molecule has 0 saturated heterocycles. The normalized spacial score (nSPS) is 13.3. The summed E-state index contributed by atoms with van der Waals surface area (Å²) >= 11 is 1.14. The number of fused-ring (bicyclic) bond motifs is 1. The third-order valence-electron chi connectivity index (χ3n) is 4.56. The Morgan fingerprint density at radius 3 is 2.55 bits per heavy atom. The predicted octanol–water partition coefficient (Wildman–Crippen LogP) is 3.52. The first-order valence-corrected chi connectivity index (χ1v) is 11.7. The molecule has 0 radical (unpaired) electrons. The van der Waals surface area contributed by atoms with Gasteiger partial charge in [0, 0.05) is 11.8 Å². The average Bonchev–Trinajstić information content (AvgIpc) is 3.31. The number of thiophene rings is 1. The third kappa shape index (κ3) is 4.30. The Morgan fingerprint density at radius 1 is 1.14 bits per heavy atom. The summed E-state index contributed by atoms with van der Waals surface area (Å²) < 4.78 is 29.8. The molecule has 1 aromatic carbocycles. The summed E-state index contributed by atoms with van der Waals surface area (Å²) in [6.45, 7) is 0. The summed E-state index contributed by atoms with van der Waals surface area (Å²) in [6.07, 6.45) is 3.73. The summed E-state index contributed by atoms with van der Waals surface area (Å²) in [5.41, 5.74) is 2.57. The highest BCUT2D eigenvalue weighted by molar-refractivity contribution is 7.92. The molecule has 1 aliphatic carbocycles. The van der Waals surface area contributed by atoms with Crippen LogP contribution in [0.1, 0.15) is 23.2 Å². The maximum Gasteiger partial charge on any atom is 0.307 e. The number of sulfone groups is 1. The zero-order valence-corrected chi connectivity index (χ0v) is 17.2. The van der Waals surface area contributed by atoms with Crippen molar-refractivity contribution in [2.45, 2.75) is 29.9 Å². The van der Waals surface area contributed by atoms with E-state index in [-0.39, 0.29) is 10.6 Å². The number of carbonyl (C=O) groups is 1. The topological polar surface area (TPSA) is 106 Å². The monoisotopic (exact) mass is 430 g/mol. The zero-order chi connectivity index (χ0) is 20.6. The van der Waals surface area contributed by atoms with Crippen molar-refractivity contribution in [3.8, 4) is 22.3 Å². The number of hydrogen-bond donors (Lipinski definition) is 1. The summed E-state index contributed by atoms with van der Waals surface area (Å²) in [6, 6.07) is 10.1. The molecule has 0 saturated carbocycles. The molecule has 0 amide bonds. The maximum absolute atomic E-state index is 11.8. The summed E-state index contributed by atoms with van der Waals surface area (Å²) in [4.78, 5) is 20.7. The van der Waals surface area contributed by atoms with Gasteiger partial charge in [-0.25, -0.2) is 13.4 Å². The number of aromatic nitrogens is 2. The minimum Gasteiger partial charge on any atom is -0.481 e. The quantitative estimate of drug-likeness (QED) is 0.638. The predicted molar refractivity (Wildman–Crippen MR) is 108 cm³/mol. The highest BCUT2D eigenvalue weighted by Crippen LogP contribution is 2.35. The van der Waals surface area contributed by atoms with Crippen molar-refractivity contribution in [2.24, 2.45) is 0 Å². The van der Waals surface area contributed by atoms with Gasteiger partial charge in [-0.05, 0) is 49.1 Å². The Hall–Kier alpha value is -2.78. The maximum atomic E-state index is 11.8. The second-order valence-electron chi connectivity index (χ2n) is 6.84. The fraction of sp³-hybridized carbons (Fsp3) is 0.250. The van der Waals surface area contributed by atoms with Gasteiger partial charge >= 0.3 is 5.97 Å². The van der Waals surface area contributed by atoms with Crippen molar-refractivity contribution in [1.29, 1.82) is 0 Å². The van der Waals surface area contributed by atoms with Crippen LogP contribution in [0, 0.1) is 0 Å². The molecule has 3 aromatic rings. The molecule has 4 rings (SSSR count). The fourth-order valence-corrected chi connectivity index (χ4v) is 5.06. The van der Waals surface area contributed by atoms with Crippen LogP contribution < -0.4 is 4.74 Å². The van der Waals surface area contributed by atoms with Crippen LogP contribution in [0.25, 0.3) is 10.7 Å². The number of ether oxygens (including phenoxy) is 1. The number of aliphatic carboxylic acids is 1. The molecule has 150 valence electrons. The van der Waals surface area contributed by atoms with Crippen LogP contribution in [0.2, 0.25) is 0 Å². The lowest BCUT2D eigenvalue weighted by atomic mass is 10.1. The second-order valence-corrected chi connectivity index (χ2v) is 10.2. The van der Waals surface area contributed by atoms with Gasteiger partial charge in [-0.2, -0.15) is 4.98 Å². The zero-order valence-electron chi connectivity index (χ0n) is 15.6. The Labute approximate surface area is 172 Å². The first kappa shape index (κ1) is 19.5. The van der Waals surface area contributed by atoms with Crippen LogP contribution in [0.3, 0.4) is 0 Å². The second kappa shape index (κ2) is 7.57. The minimum atomic E-state index is -3.28. The summed E-state index contributed by atoms with van der Waals surface area (Å²) in [5, 5.41) is 8.88. The van der Waals surface area contributed by atoms with Crippen LogP contribution >= 0.6 is 11.3 Å². The molecular weight excluding hydrogens is 412 g/mol. The molecule has 7 nitrogen and oxygen atoms in total. The number of hydrogen-bond acceptors (Lipinski definition) is 7. The van der Waals surface area contributed by atoms with Gasteiger partial charge in [-0.1, -0.05) is 12.1 Å². The SMILES string of the molecule is CS(=O)(=O)c1ccc(-c2nc3c(c(Oc4ccc(CC(=O)O)cc4)n2)CCC3)s1. The van der Waals surface area contributed by atoms with Crippen LogP contribution in [0.5, 0.6) is 11.6 Å². The molecule has 0 fully saturated rings. The number of carboxylic acid groups (broad SMARTS) is 1. The van der Waals surface area contributed by atoms with Crippen molar-refractivity contribution < 1.29 is 23.1 Å². The fourth-order valence-electron chi connectivity index (χ4n) is 3.19. The van der Waals surface area contributed by atoms with Crippen LogP contribution in [0.4, 0.5) is 0 Å². The molecule has 1 N–H and O–H groups in total. The van der Waals surface area contributed by atoms with Gasteiger partial charge in [-0.15, -0.1) is 11.3 Å². The van der Waals surface area contributed by atoms with Crippen molar-refractivity contribution in [3.63, 3.8) is 0 Å². The smallest absolute Gasteiger partial charge is 0.307 e. The molecule has 0 aliphatic heterocycles. The van der Waals surface area contributed by atoms with Crippen LogP contribution in [-0.4, -0.2) is 35.7 Å². The molecule has 0 atom stereocenters. The molecule has 0 spiro atoms. The Kier molecular flexibility index (Phi) is 5.10. The van der Waals surface area contributed by atoms with Gasteiger partial charge in [0.2, 0.25) is 5.88 Å². The summed E-state index contributed by atoms with van der Waals surface area (Å²) in [5.74, 6) is 0.577. The van der Waals surface area contributed by atoms with Gasteiger partial charge in [0.15, 0.2) is 15.7 Å². The Morgan fingerprint density at radius 2 is 1.90 bits per heavy atom. The highest BCUT2D eigenvalue weighted by atomic mass is 32.2. The van der Waals surface area contributed by atoms with E-state index < -0.39 is 15.8 Å². The number of benzene rings is 1. The van der Waals surface area contributed by atoms with Crippen molar-refractivity contribution in [3.05, 3.63) is 53.2 Å². The van der Waals surface area contributed by atoms with E-state index >= 15 is 0 Å².